The number of ketones is 1. The number of amides is 3. The van der Waals surface area contributed by atoms with Crippen molar-refractivity contribution in [2.75, 3.05) is 33.7 Å². The van der Waals surface area contributed by atoms with Gasteiger partial charge < -0.3 is 25.0 Å². The molecule has 3 amide bonds. The number of likely N-dealkylation sites (N-methyl/N-ethyl adjacent to an activating group) is 2. The summed E-state index contributed by atoms with van der Waals surface area (Å²) in [5.74, 6) is -0.413. The number of nitrogens with one attached hydrogen (secondary N) is 1. The molecule has 0 unspecified atom stereocenters. The van der Waals surface area contributed by atoms with Crippen LogP contribution in [-0.4, -0.2) is 72.3 Å². The molecule has 0 bridgehead atoms. The van der Waals surface area contributed by atoms with Crippen molar-refractivity contribution in [2.45, 2.75) is 67.4 Å². The zero-order valence-corrected chi connectivity index (χ0v) is 27.3. The van der Waals surface area contributed by atoms with Crippen molar-refractivity contribution in [3.05, 3.63) is 53.6 Å². The van der Waals surface area contributed by atoms with Crippen LogP contribution in [0, 0.1) is 10.8 Å². The quantitative estimate of drug-likeness (QED) is 0.199. The van der Waals surface area contributed by atoms with E-state index in [0.29, 0.717) is 50.3 Å². The lowest BCUT2D eigenvalue weighted by atomic mass is 9.88. The molecule has 0 spiro atoms. The van der Waals surface area contributed by atoms with Crippen molar-refractivity contribution in [3.63, 3.8) is 0 Å². The van der Waals surface area contributed by atoms with E-state index in [1.54, 1.807) is 49.3 Å². The van der Waals surface area contributed by atoms with Gasteiger partial charge in [-0.05, 0) is 48.7 Å². The number of ether oxygens (including phenoxy) is 1. The molecular weight excluding hydrogens is 562 g/mol. The highest BCUT2D eigenvalue weighted by molar-refractivity contribution is 5.97. The Morgan fingerprint density at radius 2 is 1.41 bits per heavy atom. The van der Waals surface area contributed by atoms with Gasteiger partial charge >= 0.3 is 6.09 Å². The van der Waals surface area contributed by atoms with E-state index in [4.69, 9.17) is 4.74 Å². The van der Waals surface area contributed by atoms with Crippen molar-refractivity contribution in [3.8, 4) is 5.75 Å². The Morgan fingerprint density at radius 1 is 0.818 bits per heavy atom. The van der Waals surface area contributed by atoms with E-state index < -0.39 is 17.4 Å². The van der Waals surface area contributed by atoms with Gasteiger partial charge in [0, 0.05) is 51.0 Å². The summed E-state index contributed by atoms with van der Waals surface area (Å²) in [6, 6.07) is 11.4. The molecule has 0 saturated carbocycles. The van der Waals surface area contributed by atoms with Gasteiger partial charge in [0.2, 0.25) is 5.91 Å². The highest BCUT2D eigenvalue weighted by Gasteiger charge is 2.25. The van der Waals surface area contributed by atoms with Gasteiger partial charge in [0.1, 0.15) is 18.1 Å². The molecule has 11 nitrogen and oxygen atoms in total. The van der Waals surface area contributed by atoms with E-state index in [0.717, 1.165) is 5.56 Å². The predicted octanol–water partition coefficient (Wildman–Crippen LogP) is 6.40. The third-order valence-corrected chi connectivity index (χ3v) is 6.83. The first kappa shape index (κ1) is 35.9. The number of phenols is 1. The van der Waals surface area contributed by atoms with Gasteiger partial charge in [0.15, 0.2) is 0 Å². The summed E-state index contributed by atoms with van der Waals surface area (Å²) in [6.45, 7) is 12.4. The maximum atomic E-state index is 12.6. The van der Waals surface area contributed by atoms with E-state index in [9.17, 15) is 24.3 Å². The number of Topliss-reactive ketones (excluding diaryl/α,β-unsaturated/α-hetero) is 1. The molecular formula is C33H47N5O6. The Kier molecular flexibility index (Phi) is 13.0. The first-order chi connectivity index (χ1) is 20.5. The fraction of sp³-hybridized carbons (Fsp3) is 0.515. The lowest BCUT2D eigenvalue weighted by Crippen LogP contribution is -2.41. The summed E-state index contributed by atoms with van der Waals surface area (Å²) in [7, 11) is 3.34. The summed E-state index contributed by atoms with van der Waals surface area (Å²) in [4.78, 5) is 52.3. The number of hydrogen-bond acceptors (Lipinski definition) is 8. The zero-order valence-electron chi connectivity index (χ0n) is 27.3. The second-order valence-electron chi connectivity index (χ2n) is 12.9. The highest BCUT2D eigenvalue weighted by Crippen LogP contribution is 2.26. The largest absolute Gasteiger partial charge is 0.507 e. The Labute approximate surface area is 260 Å². The molecule has 2 rings (SSSR count). The van der Waals surface area contributed by atoms with Gasteiger partial charge in [-0.1, -0.05) is 53.7 Å². The van der Waals surface area contributed by atoms with Crippen LogP contribution >= 0.6 is 0 Å². The molecule has 44 heavy (non-hydrogen) atoms. The lowest BCUT2D eigenvalue weighted by molar-refractivity contribution is -0.138. The number of benzene rings is 2. The molecule has 0 aliphatic heterocycles. The van der Waals surface area contributed by atoms with Crippen molar-refractivity contribution in [2.24, 2.45) is 21.1 Å². The molecule has 11 heteroatoms. The van der Waals surface area contributed by atoms with Crippen molar-refractivity contribution in [1.29, 1.82) is 0 Å². The van der Waals surface area contributed by atoms with Gasteiger partial charge in [0.05, 0.1) is 16.9 Å². The van der Waals surface area contributed by atoms with Gasteiger partial charge in [-0.25, -0.2) is 4.79 Å². The summed E-state index contributed by atoms with van der Waals surface area (Å²) in [5, 5.41) is 21.3. The zero-order chi connectivity index (χ0) is 33.1. The number of carbonyl (C=O) groups excluding carboxylic acids is 4. The van der Waals surface area contributed by atoms with Crippen LogP contribution in [0.1, 0.15) is 76.7 Å². The second-order valence-corrected chi connectivity index (χ2v) is 12.9. The van der Waals surface area contributed by atoms with Crippen LogP contribution in [0.5, 0.6) is 5.75 Å². The Hall–Kier alpha value is -4.28. The van der Waals surface area contributed by atoms with Crippen LogP contribution in [0.4, 0.5) is 16.2 Å². The van der Waals surface area contributed by atoms with Crippen LogP contribution < -0.4 is 5.32 Å². The standard InChI is InChI=1S/C33H47N5O6/c1-32(2,3)28(40)11-9-10-18-34-29(41)26-21-25(16-17-27(26)39)36-35-24-14-12-23(13-15-24)22-44-31(43)38(8)20-19-37(7)30(42)33(4,5)6/h12-17,21,39H,9-11,18-20,22H2,1-8H3,(H,34,41). The fourth-order valence-corrected chi connectivity index (χ4v) is 3.95. The number of azo groups is 1. The van der Waals surface area contributed by atoms with Gasteiger partial charge in [-0.15, -0.1) is 0 Å². The minimum absolute atomic E-state index is 0.00110. The smallest absolute Gasteiger partial charge is 0.409 e. The van der Waals surface area contributed by atoms with E-state index in [2.05, 4.69) is 15.5 Å². The van der Waals surface area contributed by atoms with Crippen LogP contribution in [0.3, 0.4) is 0 Å². The summed E-state index contributed by atoms with van der Waals surface area (Å²) in [5.41, 5.74) is 0.928. The minimum Gasteiger partial charge on any atom is -0.507 e. The van der Waals surface area contributed by atoms with Crippen LogP contribution in [0.25, 0.3) is 0 Å². The van der Waals surface area contributed by atoms with Crippen LogP contribution in [0.2, 0.25) is 0 Å². The van der Waals surface area contributed by atoms with Gasteiger partial charge in [-0.3, -0.25) is 14.4 Å². The predicted molar refractivity (Wildman–Crippen MR) is 169 cm³/mol. The monoisotopic (exact) mass is 609 g/mol. The number of hydrogen-bond donors (Lipinski definition) is 2. The number of phenolic OH excluding ortho intramolecular Hbond substituents is 1. The summed E-state index contributed by atoms with van der Waals surface area (Å²) in [6.07, 6.45) is 1.29. The van der Waals surface area contributed by atoms with E-state index in [-0.39, 0.29) is 35.0 Å². The summed E-state index contributed by atoms with van der Waals surface area (Å²) < 4.78 is 5.38. The molecule has 0 heterocycles. The molecule has 2 aromatic carbocycles. The maximum absolute atomic E-state index is 12.6. The number of carbonyl (C=O) groups is 4. The number of rotatable bonds is 13. The number of unbranched alkanes of at least 4 members (excludes halogenated alkanes) is 1. The molecule has 0 radical (unpaired) electrons. The normalized spacial score (nSPS) is 11.7. The Bertz CT molecular complexity index is 1330. The second kappa shape index (κ2) is 16.0. The molecule has 2 N–H and O–H groups in total. The topological polar surface area (TPSA) is 141 Å². The van der Waals surface area contributed by atoms with Crippen molar-refractivity contribution >= 4 is 35.1 Å². The average molecular weight is 610 g/mol. The van der Waals surface area contributed by atoms with E-state index >= 15 is 0 Å². The molecule has 0 aliphatic carbocycles. The van der Waals surface area contributed by atoms with Crippen molar-refractivity contribution in [1.82, 2.24) is 15.1 Å². The Balaban J connectivity index is 1.84. The van der Waals surface area contributed by atoms with Gasteiger partial charge in [0.25, 0.3) is 5.91 Å². The molecule has 0 aliphatic rings. The molecule has 0 aromatic heterocycles. The van der Waals surface area contributed by atoms with Gasteiger partial charge in [-0.2, -0.15) is 10.2 Å². The van der Waals surface area contributed by atoms with E-state index in [1.165, 1.54) is 17.0 Å². The van der Waals surface area contributed by atoms with E-state index in [1.807, 2.05) is 41.5 Å². The molecule has 0 fully saturated rings. The minimum atomic E-state index is -0.492. The highest BCUT2D eigenvalue weighted by atomic mass is 16.6. The first-order valence-electron chi connectivity index (χ1n) is 14.8. The number of nitrogens with zero attached hydrogens (tertiary/aromatic N) is 4. The molecule has 0 atom stereocenters. The third kappa shape index (κ3) is 11.8. The average Bonchev–Trinajstić information content (AvgIpc) is 2.96. The van der Waals surface area contributed by atoms with Crippen LogP contribution in [0.15, 0.2) is 52.7 Å². The fourth-order valence-electron chi connectivity index (χ4n) is 3.95. The lowest BCUT2D eigenvalue weighted by Gasteiger charge is -2.27. The SMILES string of the molecule is CN(CCN(C)C(=O)C(C)(C)C)C(=O)OCc1ccc(N=Nc2ccc(O)c(C(=O)NCCCCC(=O)C(C)(C)C)c2)cc1. The third-order valence-electron chi connectivity index (χ3n) is 6.83. The molecule has 240 valence electrons. The summed E-state index contributed by atoms with van der Waals surface area (Å²) >= 11 is 0. The van der Waals surface area contributed by atoms with Crippen LogP contribution in [-0.2, 0) is 20.9 Å². The maximum Gasteiger partial charge on any atom is 0.409 e. The van der Waals surface area contributed by atoms with Crippen molar-refractivity contribution < 1.29 is 29.0 Å². The molecule has 0 saturated heterocycles. The first-order valence-corrected chi connectivity index (χ1v) is 14.8. The number of aromatic hydroxyl groups is 1. The Morgan fingerprint density at radius 3 is 2.02 bits per heavy atom. The molecule has 2 aromatic rings.